The fourth-order valence-corrected chi connectivity index (χ4v) is 5.16. The number of carbonyl (C=O) groups is 2. The molecule has 2 aliphatic heterocycles. The van der Waals surface area contributed by atoms with Crippen LogP contribution in [-0.4, -0.2) is 47.9 Å². The molecule has 0 bridgehead atoms. The molecule has 0 N–H and O–H groups in total. The maximum Gasteiger partial charge on any atom is 0.278 e. The average molecular weight is 397 g/mol. The normalized spacial score (nSPS) is 24.3. The van der Waals surface area contributed by atoms with Gasteiger partial charge < -0.3 is 9.64 Å². The highest BCUT2D eigenvalue weighted by molar-refractivity contribution is 6.36. The summed E-state index contributed by atoms with van der Waals surface area (Å²) < 4.78 is 5.56. The third-order valence-corrected chi connectivity index (χ3v) is 6.63. The van der Waals surface area contributed by atoms with E-state index in [1.165, 1.54) is 19.3 Å². The van der Waals surface area contributed by atoms with Gasteiger partial charge in [-0.25, -0.2) is 0 Å². The number of nitrogens with zero attached hydrogens (tertiary/aromatic N) is 2. The molecule has 3 aliphatic rings. The molecule has 0 spiro atoms. The molecular weight excluding hydrogens is 364 g/mol. The van der Waals surface area contributed by atoms with Gasteiger partial charge in [-0.3, -0.25) is 14.5 Å². The van der Waals surface area contributed by atoms with Crippen LogP contribution in [0.1, 0.15) is 63.9 Å². The molecule has 4 rings (SSSR count). The van der Waals surface area contributed by atoms with E-state index in [0.717, 1.165) is 50.8 Å². The number of piperidine rings is 1. The number of hydrogen-bond acceptors (Lipinski definition) is 4. The minimum Gasteiger partial charge on any atom is -0.496 e. The fourth-order valence-electron chi connectivity index (χ4n) is 5.16. The number of carbonyl (C=O) groups excluding carboxylic acids is 2. The summed E-state index contributed by atoms with van der Waals surface area (Å²) in [6.45, 7) is 3.88. The predicted octanol–water partition coefficient (Wildman–Crippen LogP) is 4.23. The zero-order chi connectivity index (χ0) is 20.4. The first-order valence-corrected chi connectivity index (χ1v) is 11.1. The molecule has 2 fully saturated rings. The van der Waals surface area contributed by atoms with E-state index < -0.39 is 0 Å². The van der Waals surface area contributed by atoms with Crippen molar-refractivity contribution in [2.24, 2.45) is 5.92 Å². The smallest absolute Gasteiger partial charge is 0.278 e. The van der Waals surface area contributed by atoms with E-state index in [1.54, 1.807) is 12.0 Å². The van der Waals surface area contributed by atoms with Crippen molar-refractivity contribution in [3.63, 3.8) is 0 Å². The van der Waals surface area contributed by atoms with Gasteiger partial charge >= 0.3 is 0 Å². The Bertz CT molecular complexity index is 808. The summed E-state index contributed by atoms with van der Waals surface area (Å²) >= 11 is 0. The second-order valence-electron chi connectivity index (χ2n) is 8.74. The van der Waals surface area contributed by atoms with Crippen molar-refractivity contribution in [3.05, 3.63) is 35.5 Å². The Labute approximate surface area is 173 Å². The Morgan fingerprint density at radius 2 is 1.66 bits per heavy atom. The molecular formula is C24H32N2O3. The van der Waals surface area contributed by atoms with Crippen LogP contribution >= 0.6 is 0 Å². The molecule has 2 heterocycles. The molecule has 29 heavy (non-hydrogen) atoms. The Morgan fingerprint density at radius 1 is 0.931 bits per heavy atom. The minimum absolute atomic E-state index is 0.0157. The minimum atomic E-state index is -0.139. The number of methoxy groups -OCH3 is 1. The van der Waals surface area contributed by atoms with Gasteiger partial charge in [-0.1, -0.05) is 50.8 Å². The highest BCUT2D eigenvalue weighted by atomic mass is 16.5. The summed E-state index contributed by atoms with van der Waals surface area (Å²) in [6, 6.07) is 7.60. The van der Waals surface area contributed by atoms with Crippen molar-refractivity contribution in [2.75, 3.05) is 20.2 Å². The predicted molar refractivity (Wildman–Crippen MR) is 113 cm³/mol. The van der Waals surface area contributed by atoms with Gasteiger partial charge in [0.05, 0.1) is 12.7 Å². The maximum atomic E-state index is 13.7. The lowest BCUT2D eigenvalue weighted by atomic mass is 9.97. The number of benzene rings is 1. The Morgan fingerprint density at radius 3 is 2.34 bits per heavy atom. The monoisotopic (exact) mass is 396 g/mol. The molecule has 0 aromatic heterocycles. The fraction of sp³-hybridized carbons (Fsp3) is 0.583. The Hall–Kier alpha value is -2.30. The van der Waals surface area contributed by atoms with Crippen molar-refractivity contribution < 1.29 is 14.3 Å². The zero-order valence-electron chi connectivity index (χ0n) is 17.7. The summed E-state index contributed by atoms with van der Waals surface area (Å²) in [5, 5.41) is 0. The van der Waals surface area contributed by atoms with E-state index in [-0.39, 0.29) is 17.9 Å². The number of likely N-dealkylation sites (tertiary alicyclic amines) is 1. The number of rotatable bonds is 4. The molecule has 1 aromatic rings. The van der Waals surface area contributed by atoms with Crippen LogP contribution in [0.3, 0.4) is 0 Å². The van der Waals surface area contributed by atoms with E-state index >= 15 is 0 Å². The van der Waals surface area contributed by atoms with E-state index in [1.807, 2.05) is 24.3 Å². The number of imide groups is 1. The number of hydrogen-bond donors (Lipinski definition) is 0. The van der Waals surface area contributed by atoms with Gasteiger partial charge in [0, 0.05) is 24.7 Å². The molecule has 156 valence electrons. The second kappa shape index (κ2) is 8.60. The van der Waals surface area contributed by atoms with Crippen LogP contribution in [0.5, 0.6) is 5.75 Å². The molecule has 0 radical (unpaired) electrons. The summed E-state index contributed by atoms with van der Waals surface area (Å²) in [5.74, 6) is 0.926. The lowest BCUT2D eigenvalue weighted by Gasteiger charge is -2.34. The van der Waals surface area contributed by atoms with Crippen molar-refractivity contribution in [2.45, 2.75) is 64.3 Å². The van der Waals surface area contributed by atoms with Gasteiger partial charge in [0.2, 0.25) is 0 Å². The summed E-state index contributed by atoms with van der Waals surface area (Å²) in [6.07, 6.45) is 8.60. The molecule has 1 unspecified atom stereocenters. The van der Waals surface area contributed by atoms with Crippen molar-refractivity contribution in [1.82, 2.24) is 9.80 Å². The lowest BCUT2D eigenvalue weighted by molar-refractivity contribution is -0.140. The first kappa shape index (κ1) is 20.0. The first-order chi connectivity index (χ1) is 14.1. The highest BCUT2D eigenvalue weighted by Gasteiger charge is 2.45. The first-order valence-electron chi connectivity index (χ1n) is 11.1. The average Bonchev–Trinajstić information content (AvgIpc) is 2.89. The van der Waals surface area contributed by atoms with Crippen LogP contribution < -0.4 is 4.74 Å². The lowest BCUT2D eigenvalue weighted by Crippen LogP contribution is -2.43. The van der Waals surface area contributed by atoms with Crippen LogP contribution in [0.25, 0.3) is 5.57 Å². The van der Waals surface area contributed by atoms with Crippen LogP contribution in [0.4, 0.5) is 0 Å². The maximum absolute atomic E-state index is 13.7. The van der Waals surface area contributed by atoms with E-state index in [2.05, 4.69) is 11.8 Å². The van der Waals surface area contributed by atoms with Crippen molar-refractivity contribution in [1.29, 1.82) is 0 Å². The molecule has 1 aliphatic carbocycles. The van der Waals surface area contributed by atoms with Crippen LogP contribution in [0, 0.1) is 5.92 Å². The third kappa shape index (κ3) is 3.79. The Kier molecular flexibility index (Phi) is 5.93. The quantitative estimate of drug-likeness (QED) is 0.565. The van der Waals surface area contributed by atoms with Crippen LogP contribution in [-0.2, 0) is 9.59 Å². The topological polar surface area (TPSA) is 49.9 Å². The molecule has 2 amide bonds. The summed E-state index contributed by atoms with van der Waals surface area (Å²) in [5.41, 5.74) is 1.86. The molecule has 1 saturated carbocycles. The largest absolute Gasteiger partial charge is 0.496 e. The van der Waals surface area contributed by atoms with Crippen molar-refractivity contribution in [3.8, 4) is 5.75 Å². The third-order valence-electron chi connectivity index (χ3n) is 6.63. The van der Waals surface area contributed by atoms with Crippen LogP contribution in [0.2, 0.25) is 0 Å². The molecule has 1 saturated heterocycles. The standard InChI is InChI=1S/C24H32N2O3/c1-17-10-9-15-25(16-17)22-21(19-13-7-8-14-20(19)29-2)23(27)26(24(22)28)18-11-5-3-4-6-12-18/h7-8,13-14,17-18H,3-6,9-12,15-16H2,1-2H3. The summed E-state index contributed by atoms with van der Waals surface area (Å²) in [4.78, 5) is 31.1. The van der Waals surface area contributed by atoms with Gasteiger partial charge in [0.25, 0.3) is 11.8 Å². The zero-order valence-corrected chi connectivity index (χ0v) is 17.7. The van der Waals surface area contributed by atoms with Gasteiger partial charge in [0.1, 0.15) is 11.4 Å². The summed E-state index contributed by atoms with van der Waals surface area (Å²) in [7, 11) is 1.62. The number of ether oxygens (including phenoxy) is 1. The van der Waals surface area contributed by atoms with Gasteiger partial charge in [-0.15, -0.1) is 0 Å². The molecule has 5 nitrogen and oxygen atoms in total. The van der Waals surface area contributed by atoms with E-state index in [4.69, 9.17) is 4.74 Å². The number of amides is 2. The highest BCUT2D eigenvalue weighted by Crippen LogP contribution is 2.39. The van der Waals surface area contributed by atoms with E-state index in [0.29, 0.717) is 22.9 Å². The van der Waals surface area contributed by atoms with Gasteiger partial charge in [-0.2, -0.15) is 0 Å². The van der Waals surface area contributed by atoms with Gasteiger partial charge in [0.15, 0.2) is 0 Å². The number of para-hydroxylation sites is 1. The van der Waals surface area contributed by atoms with Gasteiger partial charge in [-0.05, 0) is 37.7 Å². The van der Waals surface area contributed by atoms with E-state index in [9.17, 15) is 9.59 Å². The second-order valence-corrected chi connectivity index (χ2v) is 8.74. The SMILES string of the molecule is COc1ccccc1C1=C(N2CCCC(C)C2)C(=O)N(C2CCCCCC2)C1=O. The Balaban J connectivity index is 1.78. The van der Waals surface area contributed by atoms with Crippen molar-refractivity contribution >= 4 is 17.4 Å². The molecule has 1 aromatic carbocycles. The van der Waals surface area contributed by atoms with Crippen LogP contribution in [0.15, 0.2) is 30.0 Å². The molecule has 5 heteroatoms. The molecule has 1 atom stereocenters.